The Balaban J connectivity index is 3.11. The summed E-state index contributed by atoms with van der Waals surface area (Å²) in [5.74, 6) is 0. The van der Waals surface area contributed by atoms with Crippen LogP contribution < -0.4 is 28.2 Å². The number of aliphatic hydroxyl groups excluding tert-OH is 2. The van der Waals surface area contributed by atoms with Gasteiger partial charge in [0.15, 0.2) is 6.35 Å². The van der Waals surface area contributed by atoms with Gasteiger partial charge in [-0.25, -0.2) is 4.94 Å². The lowest BCUT2D eigenvalue weighted by atomic mass is 10.0. The average molecular weight is 378 g/mol. The zero-order valence-electron chi connectivity index (χ0n) is 16.4. The number of unbranched alkanes of at least 4 members (excludes halogenated alkanes) is 12. The largest absolute Gasteiger partial charge is 0.376 e. The summed E-state index contributed by atoms with van der Waals surface area (Å²) in [6, 6.07) is 0. The fourth-order valence-corrected chi connectivity index (χ4v) is 2.88. The van der Waals surface area contributed by atoms with Crippen LogP contribution in [0.5, 0.6) is 0 Å². The average Bonchev–Trinajstić information content (AvgIpc) is 2.57. The predicted molar refractivity (Wildman–Crippen MR) is 105 cm³/mol. The van der Waals surface area contributed by atoms with Gasteiger partial charge in [-0.15, -0.1) is 5.48 Å². The molecule has 8 heteroatoms. The summed E-state index contributed by atoms with van der Waals surface area (Å²) < 4.78 is 0. The lowest BCUT2D eigenvalue weighted by Crippen LogP contribution is -2.43. The van der Waals surface area contributed by atoms with Crippen molar-refractivity contribution in [3.05, 3.63) is 0 Å². The van der Waals surface area contributed by atoms with Crippen molar-refractivity contribution in [2.75, 3.05) is 0 Å². The molecule has 0 aromatic rings. The van der Waals surface area contributed by atoms with E-state index in [1.165, 1.54) is 64.2 Å². The van der Waals surface area contributed by atoms with E-state index in [1.807, 2.05) is 0 Å². The normalized spacial score (nSPS) is 14.1. The van der Waals surface area contributed by atoms with E-state index in [9.17, 15) is 5.11 Å². The van der Waals surface area contributed by atoms with Crippen LogP contribution in [-0.4, -0.2) is 29.0 Å². The number of rotatable bonds is 20. The smallest absolute Gasteiger partial charge is 0.181 e. The highest BCUT2D eigenvalue weighted by atomic mass is 16.8. The van der Waals surface area contributed by atoms with Crippen molar-refractivity contribution in [2.45, 2.75) is 115 Å². The third-order valence-electron chi connectivity index (χ3n) is 4.39. The molecule has 0 amide bonds. The molecule has 0 fully saturated rings. The van der Waals surface area contributed by atoms with Crippen molar-refractivity contribution in [3.63, 3.8) is 0 Å². The van der Waals surface area contributed by atoms with Crippen LogP contribution in [0.2, 0.25) is 0 Å². The Hall–Kier alpha value is -0.320. The van der Waals surface area contributed by atoms with E-state index in [-0.39, 0.29) is 6.17 Å². The number of aliphatic hydroxyl groups is 2. The van der Waals surface area contributed by atoms with Crippen molar-refractivity contribution in [3.8, 4) is 0 Å². The molecule has 2 unspecified atom stereocenters. The zero-order valence-corrected chi connectivity index (χ0v) is 16.4. The molecule has 2 atom stereocenters. The van der Waals surface area contributed by atoms with Crippen molar-refractivity contribution in [1.82, 2.24) is 11.0 Å². The van der Waals surface area contributed by atoms with E-state index in [0.717, 1.165) is 25.7 Å². The van der Waals surface area contributed by atoms with Gasteiger partial charge in [-0.05, 0) is 19.3 Å². The van der Waals surface area contributed by atoms with Crippen molar-refractivity contribution in [1.29, 1.82) is 0 Å². The molecular formula is C18H43N5O3. The SMILES string of the molecule is NC(N)CCCCCCCCCCCCCCCC(O)NONC(N)O. The minimum absolute atomic E-state index is 0.139. The molecule has 0 heterocycles. The quantitative estimate of drug-likeness (QED) is 0.0961. The van der Waals surface area contributed by atoms with Crippen LogP contribution in [-0.2, 0) is 4.94 Å². The topological polar surface area (TPSA) is 152 Å². The minimum atomic E-state index is -1.27. The second-order valence-electron chi connectivity index (χ2n) is 7.14. The molecule has 0 saturated heterocycles. The lowest BCUT2D eigenvalue weighted by molar-refractivity contribution is -0.149. The lowest BCUT2D eigenvalue weighted by Gasteiger charge is -2.13. The van der Waals surface area contributed by atoms with Crippen LogP contribution in [0.1, 0.15) is 96.3 Å². The fourth-order valence-electron chi connectivity index (χ4n) is 2.88. The van der Waals surface area contributed by atoms with E-state index in [1.54, 1.807) is 0 Å². The van der Waals surface area contributed by atoms with Gasteiger partial charge in [0.25, 0.3) is 0 Å². The molecule has 158 valence electrons. The molecule has 0 aromatic carbocycles. The molecule has 0 rings (SSSR count). The third kappa shape index (κ3) is 21.7. The van der Waals surface area contributed by atoms with Crippen LogP contribution in [0.4, 0.5) is 0 Å². The van der Waals surface area contributed by atoms with Gasteiger partial charge in [0.2, 0.25) is 0 Å². The Morgan fingerprint density at radius 2 is 0.962 bits per heavy atom. The monoisotopic (exact) mass is 377 g/mol. The van der Waals surface area contributed by atoms with Crippen molar-refractivity contribution in [2.24, 2.45) is 17.2 Å². The molecule has 0 saturated carbocycles. The predicted octanol–water partition coefficient (Wildman–Crippen LogP) is 1.66. The first kappa shape index (κ1) is 25.7. The molecule has 10 N–H and O–H groups in total. The highest BCUT2D eigenvalue weighted by molar-refractivity contribution is 4.53. The van der Waals surface area contributed by atoms with Crippen molar-refractivity contribution >= 4 is 0 Å². The van der Waals surface area contributed by atoms with Gasteiger partial charge in [-0.3, -0.25) is 5.73 Å². The molecule has 0 spiro atoms. The Labute approximate surface area is 159 Å². The van der Waals surface area contributed by atoms with Gasteiger partial charge < -0.3 is 21.7 Å². The maximum Gasteiger partial charge on any atom is 0.181 e. The maximum atomic E-state index is 9.57. The Morgan fingerprint density at radius 1 is 0.577 bits per heavy atom. The summed E-state index contributed by atoms with van der Waals surface area (Å²) >= 11 is 0. The Morgan fingerprint density at radius 3 is 1.35 bits per heavy atom. The van der Waals surface area contributed by atoms with E-state index in [4.69, 9.17) is 22.3 Å². The number of hydrogen-bond acceptors (Lipinski definition) is 8. The van der Waals surface area contributed by atoms with Crippen LogP contribution in [0.3, 0.4) is 0 Å². The van der Waals surface area contributed by atoms with E-state index < -0.39 is 12.6 Å². The van der Waals surface area contributed by atoms with Crippen LogP contribution in [0, 0.1) is 0 Å². The number of hydroxylamine groups is 2. The highest BCUT2D eigenvalue weighted by Crippen LogP contribution is 2.13. The Bertz CT molecular complexity index is 284. The molecular weight excluding hydrogens is 334 g/mol. The molecule has 0 radical (unpaired) electrons. The molecule has 0 aliphatic heterocycles. The van der Waals surface area contributed by atoms with E-state index in [0.29, 0.717) is 6.42 Å². The van der Waals surface area contributed by atoms with Gasteiger partial charge in [0.05, 0.1) is 6.17 Å². The molecule has 0 aromatic heterocycles. The third-order valence-corrected chi connectivity index (χ3v) is 4.39. The summed E-state index contributed by atoms with van der Waals surface area (Å²) in [5, 5.41) is 18.3. The Kier molecular flexibility index (Phi) is 19.2. The second-order valence-corrected chi connectivity index (χ2v) is 7.14. The van der Waals surface area contributed by atoms with Gasteiger partial charge in [0, 0.05) is 0 Å². The summed E-state index contributed by atoms with van der Waals surface area (Å²) in [7, 11) is 0. The highest BCUT2D eigenvalue weighted by Gasteiger charge is 2.04. The summed E-state index contributed by atoms with van der Waals surface area (Å²) in [6.07, 6.45) is 15.6. The van der Waals surface area contributed by atoms with Crippen LogP contribution >= 0.6 is 0 Å². The van der Waals surface area contributed by atoms with Crippen LogP contribution in [0.25, 0.3) is 0 Å². The number of nitrogens with one attached hydrogen (secondary N) is 2. The fraction of sp³-hybridized carbons (Fsp3) is 1.00. The van der Waals surface area contributed by atoms with Gasteiger partial charge in [-0.2, -0.15) is 5.48 Å². The summed E-state index contributed by atoms with van der Waals surface area (Å²) in [5.41, 5.74) is 20.5. The standard InChI is InChI=1S/C18H43N5O3/c19-16(20)14-12-10-8-6-4-2-1-3-5-7-9-11-13-15-17(24)22-26-23-18(21)25/h16-18,22-25H,1-15,19-21H2. The molecule has 0 aliphatic rings. The molecule has 8 nitrogen and oxygen atoms in total. The van der Waals surface area contributed by atoms with E-state index in [2.05, 4.69) is 15.9 Å². The molecule has 0 aliphatic carbocycles. The summed E-state index contributed by atoms with van der Waals surface area (Å²) in [4.78, 5) is 4.60. The minimum Gasteiger partial charge on any atom is -0.376 e. The number of nitrogens with two attached hydrogens (primary N) is 3. The summed E-state index contributed by atoms with van der Waals surface area (Å²) in [6.45, 7) is 0. The molecule has 26 heavy (non-hydrogen) atoms. The van der Waals surface area contributed by atoms with Gasteiger partial charge >= 0.3 is 0 Å². The zero-order chi connectivity index (χ0) is 19.5. The first-order valence-corrected chi connectivity index (χ1v) is 10.3. The van der Waals surface area contributed by atoms with Gasteiger partial charge in [-0.1, -0.05) is 77.0 Å². The second kappa shape index (κ2) is 19.4. The van der Waals surface area contributed by atoms with Gasteiger partial charge in [0.1, 0.15) is 6.23 Å². The first-order valence-electron chi connectivity index (χ1n) is 10.3. The van der Waals surface area contributed by atoms with E-state index >= 15 is 0 Å². The molecule has 0 bridgehead atoms. The van der Waals surface area contributed by atoms with Crippen LogP contribution in [0.15, 0.2) is 0 Å². The first-order chi connectivity index (χ1) is 12.5. The van der Waals surface area contributed by atoms with Crippen molar-refractivity contribution < 1.29 is 15.2 Å². The number of hydrogen-bond donors (Lipinski definition) is 7. The maximum absolute atomic E-state index is 9.57.